The third-order valence-electron chi connectivity index (χ3n) is 26.2. The van der Waals surface area contributed by atoms with Crippen LogP contribution in [0, 0.1) is 58.2 Å². The predicted molar refractivity (Wildman–Crippen MR) is 556 cm³/mol. The van der Waals surface area contributed by atoms with E-state index in [4.69, 9.17) is 22.9 Å². The second kappa shape index (κ2) is 65.1. The Balaban J connectivity index is 1.32. The molecule has 0 bridgehead atoms. The van der Waals surface area contributed by atoms with Gasteiger partial charge in [-0.25, -0.2) is 0 Å². The number of ketones is 6. The summed E-state index contributed by atoms with van der Waals surface area (Å²) in [5.41, 5.74) is 29.7. The molecule has 0 saturated heterocycles. The summed E-state index contributed by atoms with van der Waals surface area (Å²) in [5, 5.41) is 0. The molecule has 22 heteroatoms. The number of hydrogen-bond donors (Lipinski definition) is 4. The largest absolute Gasteiger partial charge is 0.335 e. The van der Waals surface area contributed by atoms with Gasteiger partial charge in [0.1, 0.15) is 0 Å². The normalized spacial score (nSPS) is 13.0. The van der Waals surface area contributed by atoms with Gasteiger partial charge in [-0.1, -0.05) is 277 Å². The van der Waals surface area contributed by atoms with Gasteiger partial charge in [-0.15, -0.1) is 0 Å². The molecule has 6 aromatic carbocycles. The molecule has 0 spiro atoms. The van der Waals surface area contributed by atoms with Crippen molar-refractivity contribution < 1.29 is 57.5 Å². The van der Waals surface area contributed by atoms with Gasteiger partial charge in [-0.05, 0) is 221 Å². The Morgan fingerprint density at radius 1 is 0.254 bits per heavy atom. The monoisotopic (exact) mass is 1900 g/mol. The highest BCUT2D eigenvalue weighted by Crippen LogP contribution is 2.31. The molecule has 0 heterocycles. The molecule has 6 rings (SSSR count). The van der Waals surface area contributed by atoms with Gasteiger partial charge in [0.25, 0.3) is 0 Å². The molecule has 0 saturated carbocycles. The van der Waals surface area contributed by atoms with Gasteiger partial charge in [0, 0.05) is 115 Å². The van der Waals surface area contributed by atoms with Crippen LogP contribution in [-0.4, -0.2) is 204 Å². The molecule has 0 aliphatic rings. The van der Waals surface area contributed by atoms with E-state index in [-0.39, 0.29) is 235 Å². The van der Waals surface area contributed by atoms with E-state index in [9.17, 15) is 19.2 Å². The molecule has 6 aromatic rings. The fraction of sp³-hybridized carbons (Fsp3) is 0.586. The van der Waals surface area contributed by atoms with Gasteiger partial charge >= 0.3 is 0 Å². The first-order valence-corrected chi connectivity index (χ1v) is 51.9. The third kappa shape index (κ3) is 49.7. The Labute approximate surface area is 828 Å². The Morgan fingerprint density at radius 2 is 0.464 bits per heavy atom. The van der Waals surface area contributed by atoms with Crippen LogP contribution in [0.5, 0.6) is 0 Å². The zero-order valence-corrected chi connectivity index (χ0v) is 85.8. The average Bonchev–Trinajstić information content (AvgIpc) is 0.862. The molecule has 138 heavy (non-hydrogen) atoms. The lowest BCUT2D eigenvalue weighted by Gasteiger charge is -2.32. The zero-order valence-electron chi connectivity index (χ0n) is 85.8. The first kappa shape index (κ1) is 117. The van der Waals surface area contributed by atoms with Crippen LogP contribution in [-0.2, 0) is 96.1 Å². The summed E-state index contributed by atoms with van der Waals surface area (Å²) in [6.45, 7) is 21.4. The summed E-state index contributed by atoms with van der Waals surface area (Å²) in [5.74, 6) is -4.32. The summed E-state index contributed by atoms with van der Waals surface area (Å²) in [6.07, 6.45) is 12.6. The van der Waals surface area contributed by atoms with Gasteiger partial charge in [0.05, 0.1) is 39.3 Å². The fourth-order valence-corrected chi connectivity index (χ4v) is 18.7. The maximum atomic E-state index is 15.5. The van der Waals surface area contributed by atoms with E-state index in [1.54, 1.807) is 29.4 Å². The van der Waals surface area contributed by atoms with E-state index < -0.39 is 29.1 Å². The second-order valence-corrected chi connectivity index (χ2v) is 42.3. The lowest BCUT2D eigenvalue weighted by molar-refractivity contribution is -0.139. The van der Waals surface area contributed by atoms with Gasteiger partial charge in [-0.2, -0.15) is 0 Å². The predicted octanol–water partition coefficient (Wildman–Crippen LogP) is 17.9. The minimum atomic E-state index is -0.741. The van der Waals surface area contributed by atoms with Crippen molar-refractivity contribution in [3.63, 3.8) is 0 Å². The third-order valence-corrected chi connectivity index (χ3v) is 26.2. The molecule has 6 amide bonds. The number of unbranched alkanes of at least 4 members (excludes halogenated alkanes) is 4. The van der Waals surface area contributed by atoms with Crippen molar-refractivity contribution in [2.45, 2.75) is 275 Å². The lowest BCUT2D eigenvalue weighted by Crippen LogP contribution is -2.44. The average molecular weight is 1900 g/mol. The molecule has 0 fully saturated rings. The number of carbonyl (C=O) groups is 12. The van der Waals surface area contributed by atoms with Crippen molar-refractivity contribution in [3.05, 3.63) is 215 Å². The molecule has 0 aliphatic heterocycles. The maximum Gasteiger partial charge on any atom is 0.223 e. The van der Waals surface area contributed by atoms with Crippen LogP contribution < -0.4 is 22.9 Å². The summed E-state index contributed by atoms with van der Waals surface area (Å²) in [4.78, 5) is 189. The molecular weight excluding hydrogens is 1730 g/mol. The number of nitrogens with two attached hydrogens (primary N) is 4. The molecule has 8 N–H and O–H groups in total. The van der Waals surface area contributed by atoms with E-state index in [1.807, 2.05) is 204 Å². The smallest absolute Gasteiger partial charge is 0.223 e. The van der Waals surface area contributed by atoms with E-state index in [1.165, 1.54) is 0 Å². The minimum Gasteiger partial charge on any atom is -0.335 e. The first-order valence-electron chi connectivity index (χ1n) is 51.9. The second-order valence-electron chi connectivity index (χ2n) is 42.3. The molecule has 6 atom stereocenters. The number of Topliss-reactive ketones (excluding diaryl/α,β-unsaturated/α-hetero) is 6. The number of aryl methyl sites for hydroxylation is 4. The highest BCUT2D eigenvalue weighted by Gasteiger charge is 2.35. The van der Waals surface area contributed by atoms with Crippen molar-refractivity contribution in [1.29, 1.82) is 0 Å². The molecule has 0 unspecified atom stereocenters. The SMILES string of the molecule is CC(C)CCC(=O)N(CC(=O)C[C@@H](CCCCN)CN(CC(=O)C[C@@H](CCCCN)CN(CC(=O)C[C@@H](CCCCN)CN(CC(=O)C[C@@H](CCCCN)CN(CC(=O)C(C)(C)C)C(=O)CCc1ccccc1)C(=O)CCc1ccccc1)C(=O)CCc1ccccc1)C(=O)CCc1ccccc1)C[C@@H](CC(=O)CN(C[C@H](Cc1ccccc1)CC(C)(C)C)C(=O)CCC(C)C)Cc1ccccc1. The van der Waals surface area contributed by atoms with Crippen molar-refractivity contribution in [1.82, 2.24) is 29.4 Å². The van der Waals surface area contributed by atoms with Gasteiger partial charge in [0.2, 0.25) is 35.4 Å². The Kier molecular flexibility index (Phi) is 55.0. The Bertz CT molecular complexity index is 4540. The van der Waals surface area contributed by atoms with E-state index in [0.717, 1.165) is 46.2 Å². The Morgan fingerprint density at radius 3 is 0.696 bits per heavy atom. The summed E-state index contributed by atoms with van der Waals surface area (Å²) >= 11 is 0. The zero-order chi connectivity index (χ0) is 101. The minimum absolute atomic E-state index is 0.0120. The number of carbonyl (C=O) groups excluding carboxylic acids is 12. The number of amides is 6. The van der Waals surface area contributed by atoms with Crippen LogP contribution in [0.4, 0.5) is 0 Å². The van der Waals surface area contributed by atoms with Crippen molar-refractivity contribution in [2.24, 2.45) is 81.1 Å². The number of benzene rings is 6. The maximum absolute atomic E-state index is 15.5. The topological polar surface area (TPSA) is 328 Å². The molecule has 0 aliphatic carbocycles. The fourth-order valence-electron chi connectivity index (χ4n) is 18.7. The van der Waals surface area contributed by atoms with E-state index >= 15 is 38.4 Å². The van der Waals surface area contributed by atoms with Gasteiger partial charge < -0.3 is 52.3 Å². The summed E-state index contributed by atoms with van der Waals surface area (Å²) in [6, 6.07) is 58.7. The Hall–Kier alpha value is -10.0. The van der Waals surface area contributed by atoms with Crippen molar-refractivity contribution in [2.75, 3.05) is 105 Å². The molecule has 758 valence electrons. The van der Waals surface area contributed by atoms with Crippen LogP contribution in [0.1, 0.15) is 270 Å². The number of nitrogens with zero attached hydrogens (tertiary/aromatic N) is 6. The van der Waals surface area contributed by atoms with Crippen LogP contribution in [0.25, 0.3) is 0 Å². The highest BCUT2D eigenvalue weighted by atomic mass is 16.2. The lowest BCUT2D eigenvalue weighted by atomic mass is 9.81. The quantitative estimate of drug-likeness (QED) is 0.0258. The van der Waals surface area contributed by atoms with Crippen LogP contribution >= 0.6 is 0 Å². The van der Waals surface area contributed by atoms with E-state index in [0.29, 0.717) is 161 Å². The van der Waals surface area contributed by atoms with Crippen LogP contribution in [0.2, 0.25) is 0 Å². The summed E-state index contributed by atoms with van der Waals surface area (Å²) < 4.78 is 0. The van der Waals surface area contributed by atoms with Crippen LogP contribution in [0.15, 0.2) is 182 Å². The van der Waals surface area contributed by atoms with Gasteiger partial charge in [-0.3, -0.25) is 57.5 Å². The molecule has 22 nitrogen and oxygen atoms in total. The first-order chi connectivity index (χ1) is 66.1. The standard InChI is InChI=1S/C116H172N10O12/c1-89(2)53-59-109(133)124(81-101(69-95-45-25-15-26-46-95)75-107(131)87-125(110(134)60-54-90(3)4)82-102(76-115(5,6)7)70-96-47-27-16-28-48-96)86-106(130)73-99(51-31-35-67-119)79-122(112(136)62-56-92-39-19-12-20-40-92)84-104(128)71-97(49-29-33-65-117)77-121(111(135)61-55-91-37-17-11-18-38-91)83-103(127)72-98(50-30-34-66-118)78-123(113(137)63-57-93-41-21-13-22-42-93)85-105(129)74-100(52-32-36-68-120)80-126(88-108(132)116(8,9)10)114(138)64-58-94-43-23-14-24-44-94/h11-28,37-48,89-90,97-102H,29-36,49-88,117-120H2,1-10H3/t97-,98-,99-,100-,101-,102-/m1/s1. The van der Waals surface area contributed by atoms with Crippen molar-refractivity contribution >= 4 is 70.1 Å². The number of hydrogen-bond acceptors (Lipinski definition) is 16. The molecule has 0 aromatic heterocycles. The van der Waals surface area contributed by atoms with E-state index in [2.05, 4.69) is 46.8 Å². The molecule has 0 radical (unpaired) electrons. The molecular formula is C116H172N10O12. The highest BCUT2D eigenvalue weighted by molar-refractivity contribution is 5.92. The number of rotatable bonds is 73. The summed E-state index contributed by atoms with van der Waals surface area (Å²) in [7, 11) is 0. The van der Waals surface area contributed by atoms with Crippen molar-refractivity contribution in [3.8, 4) is 0 Å². The van der Waals surface area contributed by atoms with Gasteiger partial charge in [0.15, 0.2) is 34.7 Å². The van der Waals surface area contributed by atoms with Crippen LogP contribution in [0.3, 0.4) is 0 Å².